The minimum Gasteiger partial charge on any atom is -0.376 e. The van der Waals surface area contributed by atoms with E-state index in [0.717, 1.165) is 11.3 Å². The van der Waals surface area contributed by atoms with E-state index in [-0.39, 0.29) is 10.9 Å². The van der Waals surface area contributed by atoms with E-state index < -0.39 is 0 Å². The zero-order valence-corrected chi connectivity index (χ0v) is 12.0. The molecular weight excluding hydrogens is 308 g/mol. The van der Waals surface area contributed by atoms with Gasteiger partial charge in [0.2, 0.25) is 0 Å². The number of para-hydroxylation sites is 1. The van der Waals surface area contributed by atoms with E-state index in [1.807, 2.05) is 47.4 Å². The highest BCUT2D eigenvalue weighted by atomic mass is 79.9. The van der Waals surface area contributed by atoms with Crippen molar-refractivity contribution in [3.8, 4) is 5.69 Å². The fourth-order valence-corrected chi connectivity index (χ4v) is 2.63. The van der Waals surface area contributed by atoms with E-state index in [2.05, 4.69) is 21.0 Å². The third kappa shape index (κ3) is 2.88. The lowest BCUT2D eigenvalue weighted by atomic mass is 10.1. The molecule has 0 bridgehead atoms. The number of nitrogens with zero attached hydrogens (tertiary/aromatic N) is 2. The van der Waals surface area contributed by atoms with E-state index in [4.69, 9.17) is 9.47 Å². The summed E-state index contributed by atoms with van der Waals surface area (Å²) in [7, 11) is 0. The van der Waals surface area contributed by atoms with E-state index >= 15 is 0 Å². The van der Waals surface area contributed by atoms with Gasteiger partial charge in [-0.15, -0.1) is 0 Å². The maximum atomic E-state index is 5.70. The smallest absolute Gasteiger partial charge is 0.0976 e. The lowest BCUT2D eigenvalue weighted by molar-refractivity contribution is -0.0876. The van der Waals surface area contributed by atoms with Crippen molar-refractivity contribution in [1.29, 1.82) is 0 Å². The topological polar surface area (TPSA) is 36.3 Å². The normalized spacial score (nSPS) is 21.2. The van der Waals surface area contributed by atoms with Gasteiger partial charge in [-0.25, -0.2) is 4.68 Å². The van der Waals surface area contributed by atoms with E-state index in [0.29, 0.717) is 19.8 Å². The molecule has 1 aliphatic heterocycles. The maximum absolute atomic E-state index is 5.70. The Kier molecular flexibility index (Phi) is 3.96. The van der Waals surface area contributed by atoms with Crippen molar-refractivity contribution in [1.82, 2.24) is 9.78 Å². The van der Waals surface area contributed by atoms with Crippen molar-refractivity contribution in [2.24, 2.45) is 0 Å². The first-order chi connectivity index (χ1) is 9.34. The Morgan fingerprint density at radius 1 is 1.26 bits per heavy atom. The number of hydrogen-bond acceptors (Lipinski definition) is 3. The second-order valence-corrected chi connectivity index (χ2v) is 5.43. The van der Waals surface area contributed by atoms with Crippen molar-refractivity contribution in [3.05, 3.63) is 48.3 Å². The van der Waals surface area contributed by atoms with Crippen LogP contribution in [0.15, 0.2) is 42.7 Å². The molecule has 2 heterocycles. The number of ether oxygens (including phenoxy) is 2. The number of aromatic nitrogens is 2. The zero-order valence-electron chi connectivity index (χ0n) is 10.4. The summed E-state index contributed by atoms with van der Waals surface area (Å²) in [5.74, 6) is 0. The number of hydrogen-bond donors (Lipinski definition) is 0. The first kappa shape index (κ1) is 12.8. The molecule has 100 valence electrons. The van der Waals surface area contributed by atoms with Crippen LogP contribution in [0.4, 0.5) is 0 Å². The van der Waals surface area contributed by atoms with E-state index in [9.17, 15) is 0 Å². The van der Waals surface area contributed by atoms with Gasteiger partial charge in [0.15, 0.2) is 0 Å². The van der Waals surface area contributed by atoms with E-state index in [1.54, 1.807) is 0 Å². The lowest BCUT2D eigenvalue weighted by Gasteiger charge is -2.26. The molecule has 2 atom stereocenters. The van der Waals surface area contributed by atoms with Crippen LogP contribution in [0.25, 0.3) is 5.69 Å². The van der Waals surface area contributed by atoms with Crippen molar-refractivity contribution in [3.63, 3.8) is 0 Å². The molecule has 1 aromatic heterocycles. The van der Waals surface area contributed by atoms with Gasteiger partial charge in [0.25, 0.3) is 0 Å². The molecule has 0 saturated carbocycles. The zero-order chi connectivity index (χ0) is 13.1. The Labute approximate surface area is 120 Å². The molecule has 5 heteroatoms. The van der Waals surface area contributed by atoms with Crippen molar-refractivity contribution >= 4 is 15.9 Å². The summed E-state index contributed by atoms with van der Waals surface area (Å²) in [6.45, 7) is 1.95. The van der Waals surface area contributed by atoms with Gasteiger partial charge in [0, 0.05) is 11.8 Å². The van der Waals surface area contributed by atoms with Gasteiger partial charge in [0.05, 0.1) is 42.6 Å². The molecule has 0 spiro atoms. The molecule has 19 heavy (non-hydrogen) atoms. The Morgan fingerprint density at radius 3 is 2.84 bits per heavy atom. The lowest BCUT2D eigenvalue weighted by Crippen LogP contribution is -2.31. The fraction of sp³-hybridized carbons (Fsp3) is 0.357. The van der Waals surface area contributed by atoms with Crippen molar-refractivity contribution < 1.29 is 9.47 Å². The maximum Gasteiger partial charge on any atom is 0.0976 e. The standard InChI is InChI=1S/C14H15BrN2O2/c15-14(13-10-18-6-7-19-13)11-8-16-17(9-11)12-4-2-1-3-5-12/h1-5,8-9,13-14H,6-7,10H2. The summed E-state index contributed by atoms with van der Waals surface area (Å²) in [6.07, 6.45) is 3.93. The van der Waals surface area contributed by atoms with Gasteiger partial charge < -0.3 is 9.47 Å². The molecule has 2 aromatic rings. The van der Waals surface area contributed by atoms with Crippen LogP contribution < -0.4 is 0 Å². The Morgan fingerprint density at radius 2 is 2.11 bits per heavy atom. The predicted molar refractivity (Wildman–Crippen MR) is 75.8 cm³/mol. The molecule has 1 aliphatic rings. The minimum atomic E-state index is 0.0437. The number of alkyl halides is 1. The Hall–Kier alpha value is -1.17. The van der Waals surface area contributed by atoms with Gasteiger partial charge in [0.1, 0.15) is 0 Å². The highest BCUT2D eigenvalue weighted by Crippen LogP contribution is 2.30. The second-order valence-electron chi connectivity index (χ2n) is 4.44. The molecular formula is C14H15BrN2O2. The summed E-state index contributed by atoms with van der Waals surface area (Å²) in [6, 6.07) is 10.1. The monoisotopic (exact) mass is 322 g/mol. The third-order valence-electron chi connectivity index (χ3n) is 3.11. The van der Waals surface area contributed by atoms with Crippen molar-refractivity contribution in [2.75, 3.05) is 19.8 Å². The molecule has 0 N–H and O–H groups in total. The summed E-state index contributed by atoms with van der Waals surface area (Å²) in [5.41, 5.74) is 2.15. The van der Waals surface area contributed by atoms with Crippen molar-refractivity contribution in [2.45, 2.75) is 10.9 Å². The highest BCUT2D eigenvalue weighted by molar-refractivity contribution is 9.09. The SMILES string of the molecule is BrC(c1cnn(-c2ccccc2)c1)C1COCCO1. The molecule has 0 radical (unpaired) electrons. The van der Waals surface area contributed by atoms with Crippen LogP contribution in [-0.4, -0.2) is 35.7 Å². The molecule has 4 nitrogen and oxygen atoms in total. The first-order valence-electron chi connectivity index (χ1n) is 6.28. The average Bonchev–Trinajstić information content (AvgIpc) is 2.98. The van der Waals surface area contributed by atoms with E-state index in [1.165, 1.54) is 0 Å². The third-order valence-corrected chi connectivity index (χ3v) is 4.23. The van der Waals surface area contributed by atoms with Crippen LogP contribution in [0.2, 0.25) is 0 Å². The van der Waals surface area contributed by atoms with Gasteiger partial charge >= 0.3 is 0 Å². The molecule has 1 fully saturated rings. The molecule has 1 aromatic carbocycles. The number of rotatable bonds is 3. The second kappa shape index (κ2) is 5.86. The molecule has 2 unspecified atom stereocenters. The predicted octanol–water partition coefficient (Wildman–Crippen LogP) is 2.72. The van der Waals surface area contributed by atoms with Crippen LogP contribution in [0, 0.1) is 0 Å². The van der Waals surface area contributed by atoms with Gasteiger partial charge in [-0.1, -0.05) is 34.1 Å². The van der Waals surface area contributed by atoms with Gasteiger partial charge in [-0.05, 0) is 12.1 Å². The summed E-state index contributed by atoms with van der Waals surface area (Å²) in [4.78, 5) is 0.102. The molecule has 0 aliphatic carbocycles. The largest absolute Gasteiger partial charge is 0.376 e. The van der Waals surface area contributed by atoms with Crippen LogP contribution in [-0.2, 0) is 9.47 Å². The highest BCUT2D eigenvalue weighted by Gasteiger charge is 2.25. The van der Waals surface area contributed by atoms with Crippen LogP contribution in [0.5, 0.6) is 0 Å². The molecule has 3 rings (SSSR count). The summed E-state index contributed by atoms with van der Waals surface area (Å²) < 4.78 is 13.0. The molecule has 1 saturated heterocycles. The quantitative estimate of drug-likeness (QED) is 0.815. The molecule has 0 amide bonds. The minimum absolute atomic E-state index is 0.0437. The fourth-order valence-electron chi connectivity index (χ4n) is 2.09. The Bertz CT molecular complexity index is 523. The summed E-state index contributed by atoms with van der Waals surface area (Å²) >= 11 is 3.68. The van der Waals surface area contributed by atoms with Gasteiger partial charge in [-0.2, -0.15) is 5.10 Å². The van der Waals surface area contributed by atoms with Gasteiger partial charge in [-0.3, -0.25) is 0 Å². The number of halogens is 1. The first-order valence-corrected chi connectivity index (χ1v) is 7.19. The van der Waals surface area contributed by atoms with Crippen LogP contribution in [0.3, 0.4) is 0 Å². The van der Waals surface area contributed by atoms with Crippen LogP contribution in [0.1, 0.15) is 10.4 Å². The Balaban J connectivity index is 1.77. The average molecular weight is 323 g/mol. The van der Waals surface area contributed by atoms with Crippen LogP contribution >= 0.6 is 15.9 Å². The summed E-state index contributed by atoms with van der Waals surface area (Å²) in [5, 5.41) is 4.39. The number of benzene rings is 1.